The van der Waals surface area contributed by atoms with Crippen molar-refractivity contribution in [1.82, 2.24) is 9.80 Å². The Bertz CT molecular complexity index is 1370. The molecule has 3 heterocycles. The lowest BCUT2D eigenvalue weighted by atomic mass is 9.96. The van der Waals surface area contributed by atoms with Crippen molar-refractivity contribution in [3.8, 4) is 11.8 Å². The molecule has 1 aromatic heterocycles. The van der Waals surface area contributed by atoms with Crippen LogP contribution >= 0.6 is 0 Å². The first-order valence-corrected chi connectivity index (χ1v) is 13.3. The molecule has 0 radical (unpaired) electrons. The Labute approximate surface area is 228 Å². The molecule has 7 nitrogen and oxygen atoms in total. The highest BCUT2D eigenvalue weighted by atomic mass is 19.1. The fourth-order valence-corrected chi connectivity index (χ4v) is 5.27. The first kappa shape index (κ1) is 26.5. The lowest BCUT2D eigenvalue weighted by Crippen LogP contribution is -2.46. The molecule has 1 N–H and O–H groups in total. The maximum absolute atomic E-state index is 13.1. The van der Waals surface area contributed by atoms with Crippen LogP contribution in [0.3, 0.4) is 0 Å². The van der Waals surface area contributed by atoms with Crippen LogP contribution in [0.4, 0.5) is 15.8 Å². The van der Waals surface area contributed by atoms with Crippen LogP contribution in [0.25, 0.3) is 0 Å². The number of nitrogens with one attached hydrogen (secondary N) is 1. The van der Waals surface area contributed by atoms with Gasteiger partial charge in [0.2, 0.25) is 5.91 Å². The number of hydrogen-bond acceptors (Lipinski definition) is 5. The van der Waals surface area contributed by atoms with Crippen molar-refractivity contribution in [1.29, 1.82) is 0 Å². The van der Waals surface area contributed by atoms with Gasteiger partial charge in [-0.3, -0.25) is 9.59 Å². The standard InChI is InChI=1S/C31H33FN4O3/c1-34-18-3-4-23(20-34)31(38)35(2)27-17-19-36(21-27)26-12-10-25(11-13-26)33-30(37)29-16-15-28(39-29)14-7-22-5-8-24(32)9-6-22/h5-6,8-13,15-16,23,27H,3-4,17-21H2,1-2H3,(H,33,37). The van der Waals surface area contributed by atoms with Crippen molar-refractivity contribution in [2.24, 2.45) is 5.92 Å². The van der Waals surface area contributed by atoms with Gasteiger partial charge in [-0.25, -0.2) is 4.39 Å². The second-order valence-corrected chi connectivity index (χ2v) is 10.4. The van der Waals surface area contributed by atoms with Gasteiger partial charge in [0, 0.05) is 43.6 Å². The molecule has 8 heteroatoms. The molecule has 2 saturated heterocycles. The SMILES string of the molecule is CN1CCCC(C(=O)N(C)C2CCN(c3ccc(NC(=O)c4ccc(C#Cc5ccc(F)cc5)o4)cc3)C2)C1. The maximum Gasteiger partial charge on any atom is 0.291 e. The van der Waals surface area contributed by atoms with Gasteiger partial charge < -0.3 is 24.4 Å². The zero-order valence-corrected chi connectivity index (χ0v) is 22.3. The largest absolute Gasteiger partial charge is 0.443 e. The number of benzene rings is 2. The molecule has 0 spiro atoms. The van der Waals surface area contributed by atoms with Gasteiger partial charge in [-0.2, -0.15) is 0 Å². The van der Waals surface area contributed by atoms with Gasteiger partial charge in [-0.15, -0.1) is 0 Å². The Hall–Kier alpha value is -4.09. The summed E-state index contributed by atoms with van der Waals surface area (Å²) in [6, 6.07) is 17.0. The van der Waals surface area contributed by atoms with E-state index in [2.05, 4.69) is 34.0 Å². The van der Waals surface area contributed by atoms with Crippen molar-refractivity contribution in [3.05, 3.63) is 83.6 Å². The first-order valence-electron chi connectivity index (χ1n) is 13.3. The summed E-state index contributed by atoms with van der Waals surface area (Å²) in [5, 5.41) is 2.85. The second-order valence-electron chi connectivity index (χ2n) is 10.4. The predicted octanol–water partition coefficient (Wildman–Crippen LogP) is 4.45. The third-order valence-corrected chi connectivity index (χ3v) is 7.53. The summed E-state index contributed by atoms with van der Waals surface area (Å²) in [5.41, 5.74) is 2.37. The molecule has 2 amide bonds. The van der Waals surface area contributed by atoms with Crippen LogP contribution in [0.1, 0.15) is 41.1 Å². The van der Waals surface area contributed by atoms with Crippen molar-refractivity contribution in [2.45, 2.75) is 25.3 Å². The summed E-state index contributed by atoms with van der Waals surface area (Å²) in [6.45, 7) is 3.59. The highest BCUT2D eigenvalue weighted by Gasteiger charge is 2.33. The minimum absolute atomic E-state index is 0.0952. The molecular weight excluding hydrogens is 495 g/mol. The van der Waals surface area contributed by atoms with E-state index in [-0.39, 0.29) is 35.4 Å². The van der Waals surface area contributed by atoms with E-state index in [9.17, 15) is 14.0 Å². The molecule has 0 bridgehead atoms. The number of halogens is 1. The maximum atomic E-state index is 13.1. The number of likely N-dealkylation sites (N-methyl/N-ethyl adjacent to an activating group) is 1. The Balaban J connectivity index is 1.14. The summed E-state index contributed by atoms with van der Waals surface area (Å²) in [6.07, 6.45) is 2.99. The molecule has 2 atom stereocenters. The quantitative estimate of drug-likeness (QED) is 0.496. The van der Waals surface area contributed by atoms with Crippen molar-refractivity contribution in [2.75, 3.05) is 50.5 Å². The Morgan fingerprint density at radius 2 is 1.74 bits per heavy atom. The zero-order chi connectivity index (χ0) is 27.4. The molecule has 2 aliphatic rings. The van der Waals surface area contributed by atoms with Crippen LogP contribution in [0, 0.1) is 23.6 Å². The van der Waals surface area contributed by atoms with E-state index >= 15 is 0 Å². The molecule has 2 unspecified atom stereocenters. The summed E-state index contributed by atoms with van der Waals surface area (Å²) >= 11 is 0. The normalized spacial score (nSPS) is 19.3. The van der Waals surface area contributed by atoms with Gasteiger partial charge in [0.05, 0.1) is 12.0 Å². The van der Waals surface area contributed by atoms with Gasteiger partial charge in [-0.05, 0) is 99.4 Å². The van der Waals surface area contributed by atoms with Crippen LogP contribution in [0.15, 0.2) is 65.1 Å². The number of piperidine rings is 1. The molecule has 2 aromatic carbocycles. The average molecular weight is 529 g/mol. The minimum Gasteiger partial charge on any atom is -0.443 e. The topological polar surface area (TPSA) is 69.0 Å². The van der Waals surface area contributed by atoms with Gasteiger partial charge >= 0.3 is 0 Å². The van der Waals surface area contributed by atoms with E-state index in [0.29, 0.717) is 17.0 Å². The van der Waals surface area contributed by atoms with Crippen LogP contribution < -0.4 is 10.2 Å². The van der Waals surface area contributed by atoms with E-state index in [4.69, 9.17) is 4.42 Å². The Morgan fingerprint density at radius 1 is 0.974 bits per heavy atom. The van der Waals surface area contributed by atoms with E-state index < -0.39 is 0 Å². The Kier molecular flexibility index (Phi) is 7.99. The molecule has 2 fully saturated rings. The fraction of sp³-hybridized carbons (Fsp3) is 0.355. The monoisotopic (exact) mass is 528 g/mol. The number of amides is 2. The number of rotatable bonds is 5. The van der Waals surface area contributed by atoms with Gasteiger partial charge in [0.15, 0.2) is 11.5 Å². The number of hydrogen-bond donors (Lipinski definition) is 1. The van der Waals surface area contributed by atoms with Crippen LogP contribution in [0.2, 0.25) is 0 Å². The number of furan rings is 1. The van der Waals surface area contributed by atoms with Gasteiger partial charge in [0.1, 0.15) is 5.82 Å². The molecule has 3 aromatic rings. The molecular formula is C31H33FN4O3. The summed E-state index contributed by atoms with van der Waals surface area (Å²) in [4.78, 5) is 32.2. The molecule has 202 valence electrons. The molecule has 0 saturated carbocycles. The first-order chi connectivity index (χ1) is 18.9. The highest BCUT2D eigenvalue weighted by molar-refractivity contribution is 6.02. The summed E-state index contributed by atoms with van der Waals surface area (Å²) in [5.74, 6) is 5.90. The Morgan fingerprint density at radius 3 is 2.49 bits per heavy atom. The van der Waals surface area contributed by atoms with E-state index in [0.717, 1.165) is 51.1 Å². The van der Waals surface area contributed by atoms with Crippen molar-refractivity contribution >= 4 is 23.2 Å². The smallest absolute Gasteiger partial charge is 0.291 e. The number of carbonyl (C=O) groups is 2. The molecule has 2 aliphatic heterocycles. The van der Waals surface area contributed by atoms with Crippen LogP contribution in [0.5, 0.6) is 0 Å². The molecule has 0 aliphatic carbocycles. The van der Waals surface area contributed by atoms with Gasteiger partial charge in [0.25, 0.3) is 5.91 Å². The van der Waals surface area contributed by atoms with E-state index in [1.807, 2.05) is 36.2 Å². The summed E-state index contributed by atoms with van der Waals surface area (Å²) in [7, 11) is 4.03. The lowest BCUT2D eigenvalue weighted by molar-refractivity contribution is -0.137. The van der Waals surface area contributed by atoms with Crippen molar-refractivity contribution in [3.63, 3.8) is 0 Å². The van der Waals surface area contributed by atoms with E-state index in [1.54, 1.807) is 24.3 Å². The van der Waals surface area contributed by atoms with Crippen LogP contribution in [-0.2, 0) is 4.79 Å². The average Bonchev–Trinajstić information content (AvgIpc) is 3.63. The number of carbonyl (C=O) groups excluding carboxylic acids is 2. The summed E-state index contributed by atoms with van der Waals surface area (Å²) < 4.78 is 18.6. The molecule has 5 rings (SSSR count). The lowest BCUT2D eigenvalue weighted by Gasteiger charge is -2.34. The zero-order valence-electron chi connectivity index (χ0n) is 22.3. The van der Waals surface area contributed by atoms with Gasteiger partial charge in [-0.1, -0.05) is 5.92 Å². The fourth-order valence-electron chi connectivity index (χ4n) is 5.27. The number of likely N-dealkylation sites (tertiary alicyclic amines) is 1. The third-order valence-electron chi connectivity index (χ3n) is 7.53. The van der Waals surface area contributed by atoms with Crippen molar-refractivity contribution < 1.29 is 18.4 Å². The third kappa shape index (κ3) is 6.50. The number of nitrogens with zero attached hydrogens (tertiary/aromatic N) is 3. The highest BCUT2D eigenvalue weighted by Crippen LogP contribution is 2.26. The minimum atomic E-state index is -0.368. The number of anilines is 2. The molecule has 39 heavy (non-hydrogen) atoms. The van der Waals surface area contributed by atoms with E-state index in [1.165, 1.54) is 12.1 Å². The van der Waals surface area contributed by atoms with Crippen LogP contribution in [-0.4, -0.2) is 67.9 Å². The second kappa shape index (κ2) is 11.7. The predicted molar refractivity (Wildman–Crippen MR) is 149 cm³/mol.